The van der Waals surface area contributed by atoms with Crippen LogP contribution in [0.4, 0.5) is 21.8 Å². The Labute approximate surface area is 164 Å². The Morgan fingerprint density at radius 2 is 2.26 bits per heavy atom. The molecule has 2 aromatic rings. The summed E-state index contributed by atoms with van der Waals surface area (Å²) in [5.74, 6) is 0.598. The van der Waals surface area contributed by atoms with E-state index in [1.807, 2.05) is 6.92 Å². The minimum atomic E-state index is -0.472. The maximum Gasteiger partial charge on any atom is 0.229 e. The summed E-state index contributed by atoms with van der Waals surface area (Å²) >= 11 is 6.13. The third-order valence-corrected chi connectivity index (χ3v) is 5.13. The van der Waals surface area contributed by atoms with Crippen molar-refractivity contribution in [1.82, 2.24) is 14.9 Å². The van der Waals surface area contributed by atoms with Crippen LogP contribution in [0.2, 0.25) is 5.02 Å². The molecule has 0 spiro atoms. The smallest absolute Gasteiger partial charge is 0.229 e. The van der Waals surface area contributed by atoms with Crippen LogP contribution in [0.5, 0.6) is 5.75 Å². The number of ether oxygens (including phenoxy) is 1. The van der Waals surface area contributed by atoms with E-state index in [9.17, 15) is 4.39 Å². The highest BCUT2D eigenvalue weighted by atomic mass is 35.5. The molecule has 0 aliphatic carbocycles. The average molecular weight is 394 g/mol. The number of nitrogens with one attached hydrogen (secondary N) is 2. The van der Waals surface area contributed by atoms with Crippen LogP contribution in [0.1, 0.15) is 26.2 Å². The molecule has 0 saturated carbocycles. The van der Waals surface area contributed by atoms with Crippen LogP contribution < -0.4 is 15.4 Å². The molecule has 2 heterocycles. The summed E-state index contributed by atoms with van der Waals surface area (Å²) in [6.45, 7) is 3.17. The van der Waals surface area contributed by atoms with E-state index >= 15 is 0 Å². The SMILES string of the molecule is COc1ccc(Nc2ncc(F)c(N[C@H](C)CC3CCCN3C)n2)cc1Cl. The fourth-order valence-electron chi connectivity index (χ4n) is 3.38. The van der Waals surface area contributed by atoms with Gasteiger partial charge in [0, 0.05) is 17.8 Å². The number of halogens is 2. The topological polar surface area (TPSA) is 62.3 Å². The lowest BCUT2D eigenvalue weighted by molar-refractivity contribution is 0.288. The molecule has 0 bridgehead atoms. The van der Waals surface area contributed by atoms with Gasteiger partial charge >= 0.3 is 0 Å². The Kier molecular flexibility index (Phi) is 6.34. The lowest BCUT2D eigenvalue weighted by atomic mass is 10.1. The number of rotatable bonds is 7. The van der Waals surface area contributed by atoms with Gasteiger partial charge in [-0.1, -0.05) is 11.6 Å². The zero-order valence-electron chi connectivity index (χ0n) is 15.8. The highest BCUT2D eigenvalue weighted by Gasteiger charge is 2.23. The Hall–Kier alpha value is -2.12. The van der Waals surface area contributed by atoms with Gasteiger partial charge in [-0.05, 0) is 58.0 Å². The number of nitrogens with zero attached hydrogens (tertiary/aromatic N) is 3. The summed E-state index contributed by atoms with van der Waals surface area (Å²) in [5, 5.41) is 6.68. The van der Waals surface area contributed by atoms with Crippen LogP contribution in [-0.4, -0.2) is 47.7 Å². The first kappa shape index (κ1) is 19.6. The van der Waals surface area contributed by atoms with E-state index in [0.717, 1.165) is 19.2 Å². The van der Waals surface area contributed by atoms with E-state index in [-0.39, 0.29) is 11.9 Å². The van der Waals surface area contributed by atoms with Crippen LogP contribution in [0.15, 0.2) is 24.4 Å². The third-order valence-electron chi connectivity index (χ3n) is 4.83. The quantitative estimate of drug-likeness (QED) is 0.731. The van der Waals surface area contributed by atoms with Gasteiger partial charge in [-0.15, -0.1) is 0 Å². The zero-order valence-corrected chi connectivity index (χ0v) is 16.6. The van der Waals surface area contributed by atoms with Gasteiger partial charge in [-0.25, -0.2) is 9.37 Å². The molecule has 3 rings (SSSR count). The average Bonchev–Trinajstić information content (AvgIpc) is 3.03. The third kappa shape index (κ3) is 4.99. The van der Waals surface area contributed by atoms with Gasteiger partial charge in [0.2, 0.25) is 5.95 Å². The standard InChI is InChI=1S/C19H25ClFN5O/c1-12(9-14-5-4-8-26(14)2)23-18-16(21)11-22-19(25-18)24-13-6-7-17(27-3)15(20)10-13/h6-7,10-12,14H,4-5,8-9H2,1-3H3,(H2,22,23,24,25)/t12-,14?/m1/s1. The molecular weight excluding hydrogens is 369 g/mol. The second-order valence-corrected chi connectivity index (χ2v) is 7.33. The van der Waals surface area contributed by atoms with Crippen molar-refractivity contribution in [2.24, 2.45) is 0 Å². The van der Waals surface area contributed by atoms with E-state index in [0.29, 0.717) is 28.4 Å². The number of likely N-dealkylation sites (tertiary alicyclic amines) is 1. The maximum absolute atomic E-state index is 14.2. The molecule has 146 valence electrons. The van der Waals surface area contributed by atoms with Gasteiger partial charge < -0.3 is 20.3 Å². The number of anilines is 3. The largest absolute Gasteiger partial charge is 0.495 e. The van der Waals surface area contributed by atoms with Gasteiger partial charge in [0.25, 0.3) is 0 Å². The summed E-state index contributed by atoms with van der Waals surface area (Å²) in [6.07, 6.45) is 4.50. The van der Waals surface area contributed by atoms with Crippen LogP contribution >= 0.6 is 11.6 Å². The minimum Gasteiger partial charge on any atom is -0.495 e. The molecule has 1 aliphatic heterocycles. The molecule has 1 aromatic carbocycles. The number of methoxy groups -OCH3 is 1. The van der Waals surface area contributed by atoms with Crippen LogP contribution in [0, 0.1) is 5.82 Å². The van der Waals surface area contributed by atoms with Gasteiger partial charge in [0.1, 0.15) is 5.75 Å². The first-order valence-electron chi connectivity index (χ1n) is 9.06. The van der Waals surface area contributed by atoms with E-state index in [1.165, 1.54) is 12.8 Å². The monoisotopic (exact) mass is 393 g/mol. The molecule has 6 nitrogen and oxygen atoms in total. The van der Waals surface area contributed by atoms with Crippen molar-refractivity contribution in [2.45, 2.75) is 38.3 Å². The zero-order chi connectivity index (χ0) is 19.4. The molecule has 1 fully saturated rings. The predicted molar refractivity (Wildman–Crippen MR) is 107 cm³/mol. The normalized spacial score (nSPS) is 18.3. The lowest BCUT2D eigenvalue weighted by Gasteiger charge is -2.24. The van der Waals surface area contributed by atoms with Gasteiger partial charge in [0.05, 0.1) is 18.3 Å². The van der Waals surface area contributed by atoms with Crippen LogP contribution in [0.25, 0.3) is 0 Å². The molecule has 1 aliphatic rings. The minimum absolute atomic E-state index is 0.100. The summed E-state index contributed by atoms with van der Waals surface area (Å²) in [6, 6.07) is 5.87. The maximum atomic E-state index is 14.2. The summed E-state index contributed by atoms with van der Waals surface area (Å²) in [4.78, 5) is 10.6. The molecule has 0 amide bonds. The van der Waals surface area contributed by atoms with E-state index in [2.05, 4.69) is 32.5 Å². The van der Waals surface area contributed by atoms with Gasteiger partial charge in [-0.2, -0.15) is 4.98 Å². The molecule has 1 unspecified atom stereocenters. The van der Waals surface area contributed by atoms with Crippen LogP contribution in [0.3, 0.4) is 0 Å². The Bertz CT molecular complexity index is 791. The van der Waals surface area contributed by atoms with Crippen molar-refractivity contribution >= 4 is 29.1 Å². The van der Waals surface area contributed by atoms with Crippen LogP contribution in [-0.2, 0) is 0 Å². The molecule has 1 aromatic heterocycles. The molecule has 8 heteroatoms. The predicted octanol–water partition coefficient (Wildman–Crippen LogP) is 4.31. The van der Waals surface area contributed by atoms with Gasteiger partial charge in [0.15, 0.2) is 11.6 Å². The highest BCUT2D eigenvalue weighted by molar-refractivity contribution is 6.32. The summed E-state index contributed by atoms with van der Waals surface area (Å²) < 4.78 is 19.3. The molecule has 2 N–H and O–H groups in total. The Balaban J connectivity index is 1.67. The van der Waals surface area contributed by atoms with Crippen molar-refractivity contribution < 1.29 is 9.13 Å². The second-order valence-electron chi connectivity index (χ2n) is 6.92. The number of hydrogen-bond donors (Lipinski definition) is 2. The van der Waals surface area contributed by atoms with Crippen molar-refractivity contribution in [1.29, 1.82) is 0 Å². The molecule has 0 radical (unpaired) electrons. The summed E-state index contributed by atoms with van der Waals surface area (Å²) in [5.41, 5.74) is 0.694. The van der Waals surface area contributed by atoms with Crippen molar-refractivity contribution in [3.63, 3.8) is 0 Å². The van der Waals surface area contributed by atoms with Crippen molar-refractivity contribution in [3.8, 4) is 5.75 Å². The first-order chi connectivity index (χ1) is 13.0. The fraction of sp³-hybridized carbons (Fsp3) is 0.474. The molecular formula is C19H25ClFN5O. The molecule has 27 heavy (non-hydrogen) atoms. The summed E-state index contributed by atoms with van der Waals surface area (Å²) in [7, 11) is 3.69. The lowest BCUT2D eigenvalue weighted by Crippen LogP contribution is -2.31. The first-order valence-corrected chi connectivity index (χ1v) is 9.44. The van der Waals surface area contributed by atoms with E-state index in [1.54, 1.807) is 25.3 Å². The van der Waals surface area contributed by atoms with E-state index in [4.69, 9.17) is 16.3 Å². The number of hydrogen-bond acceptors (Lipinski definition) is 6. The Morgan fingerprint density at radius 3 is 2.93 bits per heavy atom. The molecule has 2 atom stereocenters. The second kappa shape index (κ2) is 8.71. The number of benzene rings is 1. The Morgan fingerprint density at radius 1 is 1.44 bits per heavy atom. The van der Waals surface area contributed by atoms with Crippen molar-refractivity contribution in [2.75, 3.05) is 31.3 Å². The highest BCUT2D eigenvalue weighted by Crippen LogP contribution is 2.28. The van der Waals surface area contributed by atoms with E-state index < -0.39 is 5.82 Å². The molecule has 1 saturated heterocycles. The number of aromatic nitrogens is 2. The fourth-order valence-corrected chi connectivity index (χ4v) is 3.64. The van der Waals surface area contributed by atoms with Crippen molar-refractivity contribution in [3.05, 3.63) is 35.2 Å². The van der Waals surface area contributed by atoms with Gasteiger partial charge in [-0.3, -0.25) is 0 Å².